The zero-order valence-electron chi connectivity index (χ0n) is 9.72. The van der Waals surface area contributed by atoms with Gasteiger partial charge in [0.05, 0.1) is 12.0 Å². The molecule has 1 amide bonds. The number of alkyl carbamates (subject to hydrolysis) is 1. The molecule has 94 valence electrons. The molecule has 0 aromatic heterocycles. The molecule has 0 unspecified atom stereocenters. The van der Waals surface area contributed by atoms with Gasteiger partial charge in [0, 0.05) is 13.1 Å². The van der Waals surface area contributed by atoms with Crippen molar-refractivity contribution in [1.29, 1.82) is 0 Å². The van der Waals surface area contributed by atoms with Gasteiger partial charge < -0.3 is 15.4 Å². The lowest BCUT2D eigenvalue weighted by atomic mass is 10.1. The Labute approximate surface area is 93.7 Å². The van der Waals surface area contributed by atoms with Crippen LogP contribution < -0.4 is 10.6 Å². The SMILES string of the molecule is CC(C)(C)OC(=O)N[C@@H]1CNC[C@@H]1C(F)F. The number of carbonyl (C=O) groups is 1. The summed E-state index contributed by atoms with van der Waals surface area (Å²) in [5.74, 6) is -0.840. The second-order valence-electron chi connectivity index (χ2n) is 4.91. The quantitative estimate of drug-likeness (QED) is 0.761. The van der Waals surface area contributed by atoms with Gasteiger partial charge in [0.25, 0.3) is 0 Å². The van der Waals surface area contributed by atoms with Gasteiger partial charge in [0.2, 0.25) is 6.43 Å². The van der Waals surface area contributed by atoms with Crippen molar-refractivity contribution in [2.75, 3.05) is 13.1 Å². The van der Waals surface area contributed by atoms with Gasteiger partial charge in [-0.3, -0.25) is 0 Å². The molecule has 0 saturated carbocycles. The second-order valence-corrected chi connectivity index (χ2v) is 4.91. The van der Waals surface area contributed by atoms with Crippen LogP contribution in [-0.4, -0.2) is 37.3 Å². The van der Waals surface area contributed by atoms with Crippen LogP contribution in [0, 0.1) is 5.92 Å². The van der Waals surface area contributed by atoms with Gasteiger partial charge in [-0.1, -0.05) is 0 Å². The number of hydrogen-bond donors (Lipinski definition) is 2. The summed E-state index contributed by atoms with van der Waals surface area (Å²) in [5, 5.41) is 5.28. The van der Waals surface area contributed by atoms with Crippen molar-refractivity contribution in [1.82, 2.24) is 10.6 Å². The number of nitrogens with one attached hydrogen (secondary N) is 2. The fourth-order valence-corrected chi connectivity index (χ4v) is 1.58. The zero-order valence-corrected chi connectivity index (χ0v) is 9.72. The molecule has 0 aromatic carbocycles. The smallest absolute Gasteiger partial charge is 0.407 e. The minimum absolute atomic E-state index is 0.220. The molecular formula is C10H18F2N2O2. The number of ether oxygens (including phenoxy) is 1. The Morgan fingerprint density at radius 3 is 2.56 bits per heavy atom. The maximum absolute atomic E-state index is 12.5. The van der Waals surface area contributed by atoms with Gasteiger partial charge >= 0.3 is 6.09 Å². The average Bonchev–Trinajstić information content (AvgIpc) is 2.47. The van der Waals surface area contributed by atoms with Crippen LogP contribution in [0.3, 0.4) is 0 Å². The molecule has 1 saturated heterocycles. The lowest BCUT2D eigenvalue weighted by Gasteiger charge is -2.23. The molecule has 0 spiro atoms. The predicted octanol–water partition coefficient (Wildman–Crippen LogP) is 1.36. The lowest BCUT2D eigenvalue weighted by Crippen LogP contribution is -2.44. The van der Waals surface area contributed by atoms with Crippen LogP contribution in [0.1, 0.15) is 20.8 Å². The first-order valence-corrected chi connectivity index (χ1v) is 5.28. The minimum Gasteiger partial charge on any atom is -0.444 e. The molecule has 1 fully saturated rings. The van der Waals surface area contributed by atoms with Crippen molar-refractivity contribution in [3.05, 3.63) is 0 Å². The first kappa shape index (κ1) is 13.2. The number of hydrogen-bond acceptors (Lipinski definition) is 3. The molecule has 1 aliphatic heterocycles. The summed E-state index contributed by atoms with van der Waals surface area (Å²) >= 11 is 0. The van der Waals surface area contributed by atoms with Crippen LogP contribution >= 0.6 is 0 Å². The van der Waals surface area contributed by atoms with E-state index < -0.39 is 30.1 Å². The van der Waals surface area contributed by atoms with Gasteiger partial charge in [-0.15, -0.1) is 0 Å². The molecule has 16 heavy (non-hydrogen) atoms. The predicted molar refractivity (Wildman–Crippen MR) is 55.5 cm³/mol. The first-order chi connectivity index (χ1) is 7.29. The highest BCUT2D eigenvalue weighted by molar-refractivity contribution is 5.68. The number of amides is 1. The van der Waals surface area contributed by atoms with Crippen molar-refractivity contribution in [3.8, 4) is 0 Å². The number of rotatable bonds is 2. The maximum atomic E-state index is 12.5. The summed E-state index contributed by atoms with van der Waals surface area (Å²) in [6, 6.07) is -0.560. The molecule has 6 heteroatoms. The van der Waals surface area contributed by atoms with E-state index in [-0.39, 0.29) is 6.54 Å². The highest BCUT2D eigenvalue weighted by Crippen LogP contribution is 2.18. The maximum Gasteiger partial charge on any atom is 0.407 e. The van der Waals surface area contributed by atoms with Crippen LogP contribution in [0.15, 0.2) is 0 Å². The Morgan fingerprint density at radius 1 is 1.44 bits per heavy atom. The lowest BCUT2D eigenvalue weighted by molar-refractivity contribution is 0.0410. The topological polar surface area (TPSA) is 50.4 Å². The van der Waals surface area contributed by atoms with E-state index in [1.165, 1.54) is 0 Å². The van der Waals surface area contributed by atoms with Gasteiger partial charge in [-0.25, -0.2) is 13.6 Å². The monoisotopic (exact) mass is 236 g/mol. The summed E-state index contributed by atoms with van der Waals surface area (Å²) in [6.07, 6.45) is -3.08. The highest BCUT2D eigenvalue weighted by Gasteiger charge is 2.35. The molecule has 1 rings (SSSR count). The van der Waals surface area contributed by atoms with Crippen LogP contribution in [0.4, 0.5) is 13.6 Å². The molecule has 0 radical (unpaired) electrons. The fourth-order valence-electron chi connectivity index (χ4n) is 1.58. The largest absolute Gasteiger partial charge is 0.444 e. The molecule has 2 atom stereocenters. The summed E-state index contributed by atoms with van der Waals surface area (Å²) in [4.78, 5) is 11.4. The summed E-state index contributed by atoms with van der Waals surface area (Å²) < 4.78 is 30.1. The van der Waals surface area contributed by atoms with E-state index in [1.807, 2.05) is 0 Å². The minimum atomic E-state index is -2.44. The van der Waals surface area contributed by atoms with E-state index in [1.54, 1.807) is 20.8 Å². The molecule has 4 nitrogen and oxygen atoms in total. The normalized spacial score (nSPS) is 25.9. The second kappa shape index (κ2) is 4.95. The van der Waals surface area contributed by atoms with E-state index in [9.17, 15) is 13.6 Å². The zero-order chi connectivity index (χ0) is 12.3. The van der Waals surface area contributed by atoms with Crippen molar-refractivity contribution >= 4 is 6.09 Å². The molecule has 1 aliphatic rings. The van der Waals surface area contributed by atoms with E-state index in [0.29, 0.717) is 6.54 Å². The van der Waals surface area contributed by atoms with Gasteiger partial charge in [0.15, 0.2) is 0 Å². The Balaban J connectivity index is 2.44. The van der Waals surface area contributed by atoms with E-state index in [0.717, 1.165) is 0 Å². The Kier molecular flexibility index (Phi) is 4.07. The molecule has 2 N–H and O–H groups in total. The van der Waals surface area contributed by atoms with Crippen molar-refractivity contribution in [2.24, 2.45) is 5.92 Å². The average molecular weight is 236 g/mol. The van der Waals surface area contributed by atoms with Crippen molar-refractivity contribution < 1.29 is 18.3 Å². The third-order valence-electron chi connectivity index (χ3n) is 2.29. The number of alkyl halides is 2. The number of halogens is 2. The fraction of sp³-hybridized carbons (Fsp3) is 0.900. The van der Waals surface area contributed by atoms with Gasteiger partial charge in [-0.2, -0.15) is 0 Å². The summed E-state index contributed by atoms with van der Waals surface area (Å²) in [5.41, 5.74) is -0.615. The van der Waals surface area contributed by atoms with Crippen molar-refractivity contribution in [2.45, 2.75) is 38.8 Å². The molecule has 0 bridgehead atoms. The standard InChI is InChI=1S/C10H18F2N2O2/c1-10(2,3)16-9(15)14-7-5-13-4-6(7)8(11)12/h6-8,13H,4-5H2,1-3H3,(H,14,15)/t6-,7+/m0/s1. The highest BCUT2D eigenvalue weighted by atomic mass is 19.3. The van der Waals surface area contributed by atoms with Crippen LogP contribution in [0.5, 0.6) is 0 Å². The molecule has 0 aliphatic carbocycles. The van der Waals surface area contributed by atoms with E-state index in [2.05, 4.69) is 10.6 Å². The summed E-state index contributed by atoms with van der Waals surface area (Å²) in [7, 11) is 0. The van der Waals surface area contributed by atoms with Crippen LogP contribution in [0.25, 0.3) is 0 Å². The number of carbonyl (C=O) groups excluding carboxylic acids is 1. The van der Waals surface area contributed by atoms with Gasteiger partial charge in [-0.05, 0) is 20.8 Å². The van der Waals surface area contributed by atoms with Crippen LogP contribution in [-0.2, 0) is 4.74 Å². The molecule has 1 heterocycles. The van der Waals surface area contributed by atoms with Crippen molar-refractivity contribution in [3.63, 3.8) is 0 Å². The molecular weight excluding hydrogens is 218 g/mol. The summed E-state index contributed by atoms with van der Waals surface area (Å²) in [6.45, 7) is 5.75. The van der Waals surface area contributed by atoms with Gasteiger partial charge in [0.1, 0.15) is 5.60 Å². The Morgan fingerprint density at radius 2 is 2.06 bits per heavy atom. The van der Waals surface area contributed by atoms with E-state index in [4.69, 9.17) is 4.74 Å². The Hall–Kier alpha value is -0.910. The molecule has 0 aromatic rings. The van der Waals surface area contributed by atoms with E-state index >= 15 is 0 Å². The Bertz CT molecular complexity index is 254. The van der Waals surface area contributed by atoms with Crippen LogP contribution in [0.2, 0.25) is 0 Å². The third-order valence-corrected chi connectivity index (χ3v) is 2.29. The third kappa shape index (κ3) is 3.92. The first-order valence-electron chi connectivity index (χ1n) is 5.28.